The van der Waals surface area contributed by atoms with Crippen LogP contribution < -0.4 is 5.32 Å². The number of carbonyl (C=O) groups is 2. The maximum Gasteiger partial charge on any atom is 0.330 e. The van der Waals surface area contributed by atoms with Crippen LogP contribution in [0.2, 0.25) is 0 Å². The van der Waals surface area contributed by atoms with Crippen LogP contribution in [0, 0.1) is 13.8 Å². The van der Waals surface area contributed by atoms with Crippen molar-refractivity contribution in [3.8, 4) is 11.4 Å². The van der Waals surface area contributed by atoms with Crippen LogP contribution in [0.5, 0.6) is 5.75 Å². The standard InChI is InChI=1S/C21H40O2.C17H16N4O2/c1-3-5-6-7-8-9-10-11-12-13-14-15-16-17-18-19-20-23-21(22)4-2;1-4-15(22)18-16-10(2)9-14(17(23)11(16)3)21-19-12-7-5-6-8-13(12)20-21/h4H,2-3,5-20H2,1H3;4-9,23H,1H2,2-3H3,(H,18,22). The highest BCUT2D eigenvalue weighted by Gasteiger charge is 2.17. The number of anilines is 1. The van der Waals surface area contributed by atoms with Crippen LogP contribution in [0.25, 0.3) is 16.7 Å². The molecule has 1 amide bonds. The number of benzene rings is 2. The van der Waals surface area contributed by atoms with E-state index in [0.717, 1.165) is 23.0 Å². The van der Waals surface area contributed by atoms with E-state index in [-0.39, 0.29) is 17.6 Å². The summed E-state index contributed by atoms with van der Waals surface area (Å²) in [6.07, 6.45) is 24.2. The number of rotatable bonds is 21. The largest absolute Gasteiger partial charge is 0.505 e. The molecule has 3 aromatic rings. The second kappa shape index (κ2) is 22.5. The summed E-state index contributed by atoms with van der Waals surface area (Å²) >= 11 is 0. The van der Waals surface area contributed by atoms with Gasteiger partial charge in [-0.15, -0.1) is 15.0 Å². The van der Waals surface area contributed by atoms with E-state index in [1.807, 2.05) is 31.2 Å². The minimum atomic E-state index is -0.327. The van der Waals surface area contributed by atoms with Crippen LogP contribution in [0.15, 0.2) is 55.6 Å². The van der Waals surface area contributed by atoms with E-state index in [2.05, 4.69) is 35.6 Å². The molecule has 0 fully saturated rings. The molecule has 1 heterocycles. The normalized spacial score (nSPS) is 10.7. The Hall–Kier alpha value is -3.94. The number of nitrogens with zero attached hydrogens (tertiary/aromatic N) is 3. The molecule has 252 valence electrons. The van der Waals surface area contributed by atoms with Gasteiger partial charge in [0.15, 0.2) is 0 Å². The Balaban J connectivity index is 0.000000320. The van der Waals surface area contributed by atoms with Crippen molar-refractivity contribution in [1.29, 1.82) is 0 Å². The molecule has 2 aromatic carbocycles. The predicted octanol–water partition coefficient (Wildman–Crippen LogP) is 9.84. The topological polar surface area (TPSA) is 106 Å². The van der Waals surface area contributed by atoms with Gasteiger partial charge in [-0.2, -0.15) is 0 Å². The molecule has 2 N–H and O–H groups in total. The zero-order valence-corrected chi connectivity index (χ0v) is 28.5. The van der Waals surface area contributed by atoms with Gasteiger partial charge in [-0.25, -0.2) is 4.79 Å². The van der Waals surface area contributed by atoms with E-state index in [0.29, 0.717) is 23.5 Å². The second-order valence-corrected chi connectivity index (χ2v) is 11.9. The Morgan fingerprint density at radius 2 is 1.28 bits per heavy atom. The van der Waals surface area contributed by atoms with Crippen LogP contribution in [0.3, 0.4) is 0 Å². The average Bonchev–Trinajstić information content (AvgIpc) is 3.50. The second-order valence-electron chi connectivity index (χ2n) is 11.9. The van der Waals surface area contributed by atoms with Gasteiger partial charge >= 0.3 is 5.97 Å². The molecule has 0 atom stereocenters. The van der Waals surface area contributed by atoms with Crippen molar-refractivity contribution in [3.63, 3.8) is 0 Å². The lowest BCUT2D eigenvalue weighted by Crippen LogP contribution is -2.11. The third-order valence-corrected chi connectivity index (χ3v) is 8.06. The number of fused-ring (bicyclic) bond motifs is 1. The summed E-state index contributed by atoms with van der Waals surface area (Å²) in [5, 5.41) is 21.9. The lowest BCUT2D eigenvalue weighted by atomic mass is 10.0. The van der Waals surface area contributed by atoms with Crippen LogP contribution >= 0.6 is 0 Å². The summed E-state index contributed by atoms with van der Waals surface area (Å²) in [4.78, 5) is 23.8. The van der Waals surface area contributed by atoms with Crippen molar-refractivity contribution in [2.24, 2.45) is 0 Å². The van der Waals surface area contributed by atoms with Gasteiger partial charge in [0.25, 0.3) is 0 Å². The number of hydrogen-bond acceptors (Lipinski definition) is 6. The number of unbranched alkanes of at least 4 members (excludes halogenated alkanes) is 15. The molecule has 0 saturated carbocycles. The van der Waals surface area contributed by atoms with Crippen LogP contribution in [0.1, 0.15) is 121 Å². The molecule has 0 aliphatic heterocycles. The van der Waals surface area contributed by atoms with Crippen LogP contribution in [-0.2, 0) is 14.3 Å². The molecule has 3 rings (SSSR count). The third-order valence-electron chi connectivity index (χ3n) is 8.06. The van der Waals surface area contributed by atoms with Crippen LogP contribution in [-0.4, -0.2) is 38.6 Å². The molecule has 0 spiro atoms. The van der Waals surface area contributed by atoms with E-state index in [1.54, 1.807) is 13.0 Å². The average molecular weight is 633 g/mol. The summed E-state index contributed by atoms with van der Waals surface area (Å²) in [6, 6.07) is 9.21. The minimum absolute atomic E-state index is 0.0234. The molecule has 0 bridgehead atoms. The monoisotopic (exact) mass is 632 g/mol. The quantitative estimate of drug-likeness (QED) is 0.0688. The Labute approximate surface area is 276 Å². The molecule has 8 heteroatoms. The Bertz CT molecular complexity index is 1330. The molecular weight excluding hydrogens is 576 g/mol. The van der Waals surface area contributed by atoms with Gasteiger partial charge in [0, 0.05) is 11.6 Å². The fourth-order valence-corrected chi connectivity index (χ4v) is 5.32. The molecule has 1 aromatic heterocycles. The van der Waals surface area contributed by atoms with Gasteiger partial charge in [0.1, 0.15) is 22.5 Å². The summed E-state index contributed by atoms with van der Waals surface area (Å²) in [5.74, 6) is -0.604. The number of aryl methyl sites for hydroxylation is 1. The molecule has 0 aliphatic rings. The number of hydrogen-bond donors (Lipinski definition) is 2. The maximum absolute atomic E-state index is 11.5. The highest BCUT2D eigenvalue weighted by Crippen LogP contribution is 2.34. The van der Waals surface area contributed by atoms with E-state index in [9.17, 15) is 14.7 Å². The zero-order valence-electron chi connectivity index (χ0n) is 28.5. The number of aromatic nitrogens is 3. The van der Waals surface area contributed by atoms with Gasteiger partial charge in [-0.05, 0) is 50.1 Å². The van der Waals surface area contributed by atoms with E-state index >= 15 is 0 Å². The number of phenols is 1. The third kappa shape index (κ3) is 14.0. The van der Waals surface area contributed by atoms with Gasteiger partial charge in [0.2, 0.25) is 5.91 Å². The van der Waals surface area contributed by atoms with Crippen molar-refractivity contribution >= 4 is 28.6 Å². The molecule has 0 aliphatic carbocycles. The predicted molar refractivity (Wildman–Crippen MR) is 190 cm³/mol. The molecule has 46 heavy (non-hydrogen) atoms. The minimum Gasteiger partial charge on any atom is -0.505 e. The van der Waals surface area contributed by atoms with E-state index < -0.39 is 0 Å². The van der Waals surface area contributed by atoms with Crippen molar-refractivity contribution in [2.45, 2.75) is 124 Å². The van der Waals surface area contributed by atoms with E-state index in [4.69, 9.17) is 4.74 Å². The lowest BCUT2D eigenvalue weighted by molar-refractivity contribution is -0.137. The number of aromatic hydroxyl groups is 1. The summed E-state index contributed by atoms with van der Waals surface area (Å²) in [6.45, 7) is 13.2. The number of nitrogens with one attached hydrogen (secondary N) is 1. The first kappa shape index (κ1) is 38.2. The van der Waals surface area contributed by atoms with Gasteiger partial charge in [-0.3, -0.25) is 4.79 Å². The van der Waals surface area contributed by atoms with Gasteiger partial charge < -0.3 is 15.2 Å². The number of esters is 1. The first-order valence-electron chi connectivity index (χ1n) is 17.2. The number of carbonyl (C=O) groups excluding carboxylic acids is 2. The highest BCUT2D eigenvalue weighted by molar-refractivity contribution is 6.00. The van der Waals surface area contributed by atoms with Crippen molar-refractivity contribution in [3.05, 3.63) is 66.8 Å². The van der Waals surface area contributed by atoms with E-state index in [1.165, 1.54) is 113 Å². The smallest absolute Gasteiger partial charge is 0.330 e. The maximum atomic E-state index is 11.5. The fourth-order valence-electron chi connectivity index (χ4n) is 5.32. The van der Waals surface area contributed by atoms with Crippen molar-refractivity contribution < 1.29 is 19.4 Å². The SMILES string of the molecule is C=CC(=O)Nc1c(C)cc(-n2nc3ccccc3n2)c(O)c1C.C=CC(=O)OCCCCCCCCCCCCCCCCCC. The van der Waals surface area contributed by atoms with Gasteiger partial charge in [0.05, 0.1) is 12.3 Å². The molecule has 0 radical (unpaired) electrons. The first-order chi connectivity index (χ1) is 22.3. The number of ether oxygens (including phenoxy) is 1. The summed E-state index contributed by atoms with van der Waals surface area (Å²) in [5.41, 5.74) is 3.86. The lowest BCUT2D eigenvalue weighted by Gasteiger charge is -2.14. The van der Waals surface area contributed by atoms with Crippen molar-refractivity contribution in [2.75, 3.05) is 11.9 Å². The molecule has 0 unspecified atom stereocenters. The molecule has 8 nitrogen and oxygen atoms in total. The highest BCUT2D eigenvalue weighted by atomic mass is 16.5. The Morgan fingerprint density at radius 3 is 1.74 bits per heavy atom. The van der Waals surface area contributed by atoms with Gasteiger partial charge in [-0.1, -0.05) is 129 Å². The Morgan fingerprint density at radius 1 is 0.804 bits per heavy atom. The van der Waals surface area contributed by atoms with Crippen molar-refractivity contribution in [1.82, 2.24) is 15.0 Å². The van der Waals surface area contributed by atoms with Crippen LogP contribution in [0.4, 0.5) is 5.69 Å². The fraction of sp³-hybridized carbons (Fsp3) is 0.526. The number of amides is 1. The summed E-state index contributed by atoms with van der Waals surface area (Å²) in [7, 11) is 0. The first-order valence-corrected chi connectivity index (χ1v) is 17.2. The zero-order chi connectivity index (χ0) is 33.6. The molecular formula is C38H56N4O4. The Kier molecular flexibility index (Phi) is 18.7. The summed E-state index contributed by atoms with van der Waals surface area (Å²) < 4.78 is 4.95. The number of phenolic OH excluding ortho intramolecular Hbond substituents is 1. The molecule has 0 saturated heterocycles.